The van der Waals surface area contributed by atoms with Gasteiger partial charge in [-0.25, -0.2) is 0 Å². The highest BCUT2D eigenvalue weighted by molar-refractivity contribution is 6.87. The van der Waals surface area contributed by atoms with Crippen LogP contribution in [0.4, 0.5) is 0 Å². The van der Waals surface area contributed by atoms with E-state index < -0.39 is 8.07 Å². The summed E-state index contributed by atoms with van der Waals surface area (Å²) < 4.78 is 6.71. The van der Waals surface area contributed by atoms with Gasteiger partial charge in [0.05, 0.1) is 21.3 Å². The Morgan fingerprint density at radius 2 is 1.06 bits per heavy atom. The van der Waals surface area contributed by atoms with Crippen molar-refractivity contribution in [2.24, 2.45) is 0 Å². The number of hydrogen-bond acceptors (Lipinski definition) is 1. The third kappa shape index (κ3) is 3.31. The maximum atomic E-state index is 6.71. The normalized spacial score (nSPS) is 14.8. The van der Waals surface area contributed by atoms with E-state index in [4.69, 9.17) is 4.74 Å². The van der Waals surface area contributed by atoms with Crippen molar-refractivity contribution in [1.82, 2.24) is 0 Å². The first kappa shape index (κ1) is 23.0. The molecule has 0 atom stereocenters. The van der Waals surface area contributed by atoms with Crippen molar-refractivity contribution in [2.45, 2.75) is 69.8 Å². The van der Waals surface area contributed by atoms with Gasteiger partial charge >= 0.3 is 0 Å². The van der Waals surface area contributed by atoms with E-state index in [0.717, 1.165) is 6.61 Å². The zero-order valence-electron chi connectivity index (χ0n) is 20.6. The van der Waals surface area contributed by atoms with E-state index in [0.29, 0.717) is 23.2 Å². The van der Waals surface area contributed by atoms with Gasteiger partial charge in [0, 0.05) is 5.04 Å². The molecule has 168 valence electrons. The first-order valence-corrected chi connectivity index (χ1v) is 14.4. The summed E-state index contributed by atoms with van der Waals surface area (Å²) >= 11 is 0. The van der Waals surface area contributed by atoms with Crippen molar-refractivity contribution < 1.29 is 4.74 Å². The Labute approximate surface area is 195 Å². The minimum atomic E-state index is -2.01. The van der Waals surface area contributed by atoms with E-state index in [1.807, 2.05) is 0 Å². The highest BCUT2D eigenvalue weighted by atomic mass is 28.3. The summed E-state index contributed by atoms with van der Waals surface area (Å²) in [6.45, 7) is 16.3. The van der Waals surface area contributed by atoms with Gasteiger partial charge in [-0.15, -0.1) is 0 Å². The van der Waals surface area contributed by atoms with Crippen LogP contribution in [-0.4, -0.2) is 14.7 Å². The zero-order valence-corrected chi connectivity index (χ0v) is 21.6. The van der Waals surface area contributed by atoms with E-state index in [-0.39, 0.29) is 5.04 Å². The molecule has 0 saturated carbocycles. The van der Waals surface area contributed by atoms with Gasteiger partial charge in [0.1, 0.15) is 0 Å². The molecular weight excluding hydrogens is 404 g/mol. The molecule has 1 nitrogen and oxygen atoms in total. The average molecular weight is 443 g/mol. The van der Waals surface area contributed by atoms with Crippen LogP contribution in [0.5, 0.6) is 0 Å². The number of benzene rings is 3. The fraction of sp³-hybridized carbons (Fsp3) is 0.400. The molecule has 0 aromatic heterocycles. The van der Waals surface area contributed by atoms with E-state index in [2.05, 4.69) is 120 Å². The van der Waals surface area contributed by atoms with Gasteiger partial charge in [0.25, 0.3) is 0 Å². The Morgan fingerprint density at radius 1 is 0.625 bits per heavy atom. The van der Waals surface area contributed by atoms with Crippen LogP contribution in [0.25, 0.3) is 11.1 Å². The summed E-state index contributed by atoms with van der Waals surface area (Å²) in [5.74, 6) is 0. The molecule has 32 heavy (non-hydrogen) atoms. The first-order valence-electron chi connectivity index (χ1n) is 12.2. The molecule has 3 aromatic rings. The highest BCUT2D eigenvalue weighted by Crippen LogP contribution is 2.62. The molecule has 4 rings (SSSR count). The lowest BCUT2D eigenvalue weighted by atomic mass is 9.96. The molecule has 0 spiro atoms. The van der Waals surface area contributed by atoms with Gasteiger partial charge in [-0.3, -0.25) is 0 Å². The van der Waals surface area contributed by atoms with Crippen LogP contribution >= 0.6 is 0 Å². The third-order valence-corrected chi connectivity index (χ3v) is 16.0. The summed E-state index contributed by atoms with van der Waals surface area (Å²) in [6.07, 6.45) is 0. The molecule has 1 aliphatic carbocycles. The second-order valence-electron chi connectivity index (χ2n) is 10.4. The maximum absolute atomic E-state index is 6.71. The smallest absolute Gasteiger partial charge is 0.0809 e. The average Bonchev–Trinajstić information content (AvgIpc) is 3.05. The lowest BCUT2D eigenvalue weighted by Crippen LogP contribution is -2.64. The van der Waals surface area contributed by atoms with Crippen LogP contribution in [-0.2, 0) is 16.4 Å². The molecule has 0 radical (unpaired) electrons. The van der Waals surface area contributed by atoms with Crippen molar-refractivity contribution in [3.05, 3.63) is 95.6 Å². The van der Waals surface area contributed by atoms with Crippen molar-refractivity contribution in [1.29, 1.82) is 0 Å². The Morgan fingerprint density at radius 3 is 1.53 bits per heavy atom. The Kier molecular flexibility index (Phi) is 6.47. The Bertz CT molecular complexity index is 984. The number of rotatable bonds is 8. The summed E-state index contributed by atoms with van der Waals surface area (Å²) in [4.78, 5) is 0. The molecular formula is C30H38OSi. The highest BCUT2D eigenvalue weighted by Gasteiger charge is 2.63. The standard InChI is InChI=1S/C30H38OSi/c1-22(2)32(23(3)4,24(5)6)30(21-31-20-25-14-8-7-9-15-25)28-18-12-10-16-26(28)27-17-11-13-19-29(27)30/h7-19,22-24H,20-21H2,1-6H3. The summed E-state index contributed by atoms with van der Waals surface area (Å²) in [5.41, 5.74) is 8.93. The second-order valence-corrected chi connectivity index (χ2v) is 16.6. The minimum absolute atomic E-state index is 0.0640. The van der Waals surface area contributed by atoms with E-state index >= 15 is 0 Å². The molecule has 0 unspecified atom stereocenters. The summed E-state index contributed by atoms with van der Waals surface area (Å²) in [5, 5.41) is -0.0640. The molecule has 0 amide bonds. The van der Waals surface area contributed by atoms with Crippen LogP contribution in [0.2, 0.25) is 16.6 Å². The van der Waals surface area contributed by atoms with Gasteiger partial charge < -0.3 is 4.74 Å². The fourth-order valence-corrected chi connectivity index (χ4v) is 16.1. The molecule has 0 heterocycles. The Balaban J connectivity index is 1.96. The lowest BCUT2D eigenvalue weighted by molar-refractivity contribution is 0.101. The molecule has 0 saturated heterocycles. The number of ether oxygens (including phenoxy) is 1. The summed E-state index contributed by atoms with van der Waals surface area (Å²) in [7, 11) is -2.01. The van der Waals surface area contributed by atoms with Crippen molar-refractivity contribution in [2.75, 3.05) is 6.61 Å². The first-order chi connectivity index (χ1) is 15.4. The van der Waals surface area contributed by atoms with Crippen LogP contribution in [0, 0.1) is 0 Å². The van der Waals surface area contributed by atoms with Crippen LogP contribution in [0.3, 0.4) is 0 Å². The monoisotopic (exact) mass is 442 g/mol. The minimum Gasteiger partial charge on any atom is -0.376 e. The lowest BCUT2D eigenvalue weighted by Gasteiger charge is -2.56. The Hall–Kier alpha value is -2.16. The number of hydrogen-bond donors (Lipinski definition) is 0. The van der Waals surface area contributed by atoms with Gasteiger partial charge in [-0.05, 0) is 44.4 Å². The van der Waals surface area contributed by atoms with Crippen molar-refractivity contribution in [3.8, 4) is 11.1 Å². The molecule has 3 aromatic carbocycles. The molecule has 0 N–H and O–H groups in total. The van der Waals surface area contributed by atoms with E-state index in [1.54, 1.807) is 0 Å². The fourth-order valence-electron chi connectivity index (χ4n) is 7.45. The quantitative estimate of drug-likeness (QED) is 0.318. The molecule has 0 bridgehead atoms. The molecule has 1 aliphatic rings. The van der Waals surface area contributed by atoms with Gasteiger partial charge in [0.15, 0.2) is 0 Å². The second kappa shape index (κ2) is 9.00. The van der Waals surface area contributed by atoms with Gasteiger partial charge in [0.2, 0.25) is 0 Å². The predicted octanol–water partition coefficient (Wildman–Crippen LogP) is 8.39. The topological polar surface area (TPSA) is 9.23 Å². The van der Waals surface area contributed by atoms with Gasteiger partial charge in [-0.1, -0.05) is 120 Å². The van der Waals surface area contributed by atoms with E-state index in [1.165, 1.54) is 27.8 Å². The van der Waals surface area contributed by atoms with Crippen LogP contribution in [0.15, 0.2) is 78.9 Å². The zero-order chi connectivity index (χ0) is 22.9. The molecule has 0 fully saturated rings. The van der Waals surface area contributed by atoms with Crippen molar-refractivity contribution in [3.63, 3.8) is 0 Å². The molecule has 0 aliphatic heterocycles. The molecule has 2 heteroatoms. The van der Waals surface area contributed by atoms with Crippen LogP contribution in [0.1, 0.15) is 58.2 Å². The number of fused-ring (bicyclic) bond motifs is 3. The van der Waals surface area contributed by atoms with Crippen LogP contribution < -0.4 is 0 Å². The largest absolute Gasteiger partial charge is 0.376 e. The SMILES string of the molecule is CC(C)[Si](C(C)C)(C(C)C)C1(COCc2ccccc2)c2ccccc2-c2ccccc21. The van der Waals surface area contributed by atoms with E-state index in [9.17, 15) is 0 Å². The maximum Gasteiger partial charge on any atom is 0.0809 e. The predicted molar refractivity (Wildman–Crippen MR) is 140 cm³/mol. The third-order valence-electron chi connectivity index (χ3n) is 8.10. The van der Waals surface area contributed by atoms with Crippen molar-refractivity contribution >= 4 is 8.07 Å². The summed E-state index contributed by atoms with van der Waals surface area (Å²) in [6, 6.07) is 28.9. The van der Waals surface area contributed by atoms with Gasteiger partial charge in [-0.2, -0.15) is 0 Å².